The van der Waals surface area contributed by atoms with Gasteiger partial charge in [-0.2, -0.15) is 0 Å². The summed E-state index contributed by atoms with van der Waals surface area (Å²) < 4.78 is 0.244. The fourth-order valence-corrected chi connectivity index (χ4v) is 1.79. The minimum Gasteiger partial charge on any atom is -0.345 e. The fourth-order valence-electron chi connectivity index (χ4n) is 1.57. The molecule has 0 atom stereocenters. The molecule has 2 N–H and O–H groups in total. The second kappa shape index (κ2) is 4.76. The molecule has 2 rings (SSSR count). The lowest BCUT2D eigenvalue weighted by atomic mass is 10.1. The van der Waals surface area contributed by atoms with Gasteiger partial charge in [-0.3, -0.25) is 4.79 Å². The average molecular weight is 243 g/mol. The van der Waals surface area contributed by atoms with Crippen molar-refractivity contribution >= 4 is 17.9 Å². The zero-order valence-corrected chi connectivity index (χ0v) is 9.67. The van der Waals surface area contributed by atoms with Gasteiger partial charge >= 0.3 is 0 Å². The van der Waals surface area contributed by atoms with E-state index in [9.17, 15) is 4.79 Å². The number of nitrogens with one attached hydrogen (secondary N) is 2. The summed E-state index contributed by atoms with van der Waals surface area (Å²) in [5.41, 5.74) is 1.21. The Bertz CT molecular complexity index is 679. The van der Waals surface area contributed by atoms with Gasteiger partial charge in [-0.05, 0) is 17.8 Å². The van der Waals surface area contributed by atoms with E-state index >= 15 is 0 Å². The maximum atomic E-state index is 11.5. The van der Waals surface area contributed by atoms with E-state index in [1.165, 1.54) is 0 Å². The van der Waals surface area contributed by atoms with Crippen LogP contribution in [0.4, 0.5) is 5.69 Å². The van der Waals surface area contributed by atoms with Crippen LogP contribution < -0.4 is 5.56 Å². The molecule has 4 nitrogen and oxygen atoms in total. The van der Waals surface area contributed by atoms with Crippen molar-refractivity contribution in [2.24, 2.45) is 0 Å². The van der Waals surface area contributed by atoms with E-state index in [4.69, 9.17) is 18.8 Å². The highest BCUT2D eigenvalue weighted by atomic mass is 32.1. The van der Waals surface area contributed by atoms with E-state index < -0.39 is 5.56 Å². The fraction of sp³-hybridized carbons (Fsp3) is 0.0833. The zero-order chi connectivity index (χ0) is 12.3. The van der Waals surface area contributed by atoms with Gasteiger partial charge in [-0.15, -0.1) is 0 Å². The van der Waals surface area contributed by atoms with Crippen LogP contribution in [0.1, 0.15) is 11.3 Å². The van der Waals surface area contributed by atoms with E-state index in [1.807, 2.05) is 30.3 Å². The molecule has 0 fully saturated rings. The van der Waals surface area contributed by atoms with Crippen LogP contribution in [0.3, 0.4) is 0 Å². The molecule has 0 radical (unpaired) electrons. The molecular weight excluding hydrogens is 234 g/mol. The second-order valence-corrected chi connectivity index (χ2v) is 3.92. The third-order valence-corrected chi connectivity index (χ3v) is 2.53. The Kier molecular flexibility index (Phi) is 3.17. The van der Waals surface area contributed by atoms with Crippen LogP contribution in [0.5, 0.6) is 0 Å². The quantitative estimate of drug-likeness (QED) is 0.629. The van der Waals surface area contributed by atoms with Gasteiger partial charge in [0, 0.05) is 12.1 Å². The van der Waals surface area contributed by atoms with Gasteiger partial charge < -0.3 is 9.97 Å². The van der Waals surface area contributed by atoms with Crippen molar-refractivity contribution in [3.8, 4) is 0 Å². The van der Waals surface area contributed by atoms with E-state index in [1.54, 1.807) is 0 Å². The Morgan fingerprint density at radius 1 is 1.24 bits per heavy atom. The average Bonchev–Trinajstić information content (AvgIpc) is 2.30. The Labute approximate surface area is 103 Å². The number of aromatic amines is 2. The highest BCUT2D eigenvalue weighted by Crippen LogP contribution is 2.15. The standard InChI is InChI=1S/C12H9N3OS/c1-13-10-9(14-12(17)15-11(10)16)7-8-5-3-2-4-6-8/h2-6H,7H2,(H2,14,15,16,17). The Morgan fingerprint density at radius 3 is 2.59 bits per heavy atom. The van der Waals surface area contributed by atoms with Crippen LogP contribution in [0.25, 0.3) is 4.85 Å². The van der Waals surface area contributed by atoms with Crippen LogP contribution in [-0.4, -0.2) is 9.97 Å². The molecule has 0 aliphatic carbocycles. The summed E-state index contributed by atoms with van der Waals surface area (Å²) in [6.45, 7) is 7.01. The molecule has 0 spiro atoms. The summed E-state index contributed by atoms with van der Waals surface area (Å²) in [7, 11) is 0. The number of aromatic nitrogens is 2. The van der Waals surface area contributed by atoms with E-state index in [0.717, 1.165) is 5.56 Å². The lowest BCUT2D eigenvalue weighted by molar-refractivity contribution is 0.998. The van der Waals surface area contributed by atoms with Crippen molar-refractivity contribution in [3.63, 3.8) is 0 Å². The van der Waals surface area contributed by atoms with E-state index in [-0.39, 0.29) is 10.5 Å². The first-order valence-corrected chi connectivity index (χ1v) is 5.38. The number of rotatable bonds is 2. The lowest BCUT2D eigenvalue weighted by Crippen LogP contribution is -2.10. The monoisotopic (exact) mass is 243 g/mol. The summed E-state index contributed by atoms with van der Waals surface area (Å²) in [6.07, 6.45) is 0.492. The molecule has 84 valence electrons. The topological polar surface area (TPSA) is 53.0 Å². The first kappa shape index (κ1) is 11.3. The minimum atomic E-state index is -0.435. The Morgan fingerprint density at radius 2 is 1.94 bits per heavy atom. The van der Waals surface area contributed by atoms with Crippen molar-refractivity contribution in [3.05, 3.63) is 68.1 Å². The summed E-state index contributed by atoms with van der Waals surface area (Å²) in [4.78, 5) is 20.0. The molecule has 1 aromatic carbocycles. The summed E-state index contributed by atoms with van der Waals surface area (Å²) in [5, 5.41) is 0. The first-order valence-electron chi connectivity index (χ1n) is 4.97. The van der Waals surface area contributed by atoms with Crippen LogP contribution >= 0.6 is 12.2 Å². The Balaban J connectivity index is 2.50. The van der Waals surface area contributed by atoms with Crippen LogP contribution in [-0.2, 0) is 6.42 Å². The van der Waals surface area contributed by atoms with Crippen molar-refractivity contribution < 1.29 is 0 Å². The maximum absolute atomic E-state index is 11.5. The number of hydrogen-bond donors (Lipinski definition) is 2. The number of hydrogen-bond acceptors (Lipinski definition) is 2. The van der Waals surface area contributed by atoms with Gasteiger partial charge in [0.15, 0.2) is 4.77 Å². The first-order chi connectivity index (χ1) is 8.20. The normalized spacial score (nSPS) is 9.82. The molecule has 5 heteroatoms. The summed E-state index contributed by atoms with van der Waals surface area (Å²) in [5.74, 6) is 0. The minimum absolute atomic E-state index is 0.0717. The molecule has 2 aromatic rings. The molecule has 0 saturated carbocycles. The molecule has 1 aromatic heterocycles. The van der Waals surface area contributed by atoms with Crippen molar-refractivity contribution in [1.29, 1.82) is 0 Å². The molecule has 0 aliphatic heterocycles. The molecule has 0 unspecified atom stereocenters. The van der Waals surface area contributed by atoms with Crippen molar-refractivity contribution in [2.75, 3.05) is 0 Å². The van der Waals surface area contributed by atoms with E-state index in [2.05, 4.69) is 14.8 Å². The molecule has 17 heavy (non-hydrogen) atoms. The highest BCUT2D eigenvalue weighted by molar-refractivity contribution is 7.71. The van der Waals surface area contributed by atoms with Gasteiger partial charge in [0.25, 0.3) is 11.2 Å². The SMILES string of the molecule is [C-]#[N+]c1c(Cc2ccccc2)[nH]c(=S)[nH]c1=O. The molecule has 0 amide bonds. The lowest BCUT2D eigenvalue weighted by Gasteiger charge is -2.03. The Hall–Kier alpha value is -2.19. The van der Waals surface area contributed by atoms with Gasteiger partial charge in [0.1, 0.15) is 0 Å². The van der Waals surface area contributed by atoms with Gasteiger partial charge in [-0.1, -0.05) is 30.3 Å². The van der Waals surface area contributed by atoms with Crippen molar-refractivity contribution in [2.45, 2.75) is 6.42 Å². The largest absolute Gasteiger partial charge is 0.345 e. The molecule has 0 bridgehead atoms. The molecule has 0 saturated heterocycles. The third-order valence-electron chi connectivity index (χ3n) is 2.33. The van der Waals surface area contributed by atoms with Crippen LogP contribution in [0, 0.1) is 11.3 Å². The van der Waals surface area contributed by atoms with Crippen molar-refractivity contribution in [1.82, 2.24) is 9.97 Å². The van der Waals surface area contributed by atoms with Crippen LogP contribution in [0.2, 0.25) is 0 Å². The molecular formula is C12H9N3OS. The summed E-state index contributed by atoms with van der Waals surface area (Å²) in [6, 6.07) is 9.61. The maximum Gasteiger partial charge on any atom is 0.269 e. The zero-order valence-electron chi connectivity index (χ0n) is 8.86. The number of benzene rings is 1. The predicted octanol–water partition coefficient (Wildman–Crippen LogP) is 2.57. The van der Waals surface area contributed by atoms with Gasteiger partial charge in [0.2, 0.25) is 0 Å². The second-order valence-electron chi connectivity index (χ2n) is 3.51. The number of H-pyrrole nitrogens is 2. The molecule has 0 aliphatic rings. The van der Waals surface area contributed by atoms with Gasteiger partial charge in [0.05, 0.1) is 6.57 Å². The number of nitrogens with zero attached hydrogens (tertiary/aromatic N) is 1. The highest BCUT2D eigenvalue weighted by Gasteiger charge is 2.08. The van der Waals surface area contributed by atoms with E-state index in [0.29, 0.717) is 12.1 Å². The predicted molar refractivity (Wildman–Crippen MR) is 67.8 cm³/mol. The summed E-state index contributed by atoms with van der Waals surface area (Å²) >= 11 is 4.90. The van der Waals surface area contributed by atoms with Crippen LogP contribution in [0.15, 0.2) is 35.1 Å². The molecule has 1 heterocycles. The van der Waals surface area contributed by atoms with Gasteiger partial charge in [-0.25, -0.2) is 4.85 Å². The smallest absolute Gasteiger partial charge is 0.269 e. The third kappa shape index (κ3) is 2.49.